The number of nitrogens with zero attached hydrogens (tertiary/aromatic N) is 5. The normalized spacial score (nSPS) is 16.7. The van der Waals surface area contributed by atoms with Crippen molar-refractivity contribution in [1.29, 1.82) is 0 Å². The number of carbonyl (C=O) groups is 2. The Morgan fingerprint density at radius 3 is 2.20 bits per heavy atom. The molecule has 0 unspecified atom stereocenters. The van der Waals surface area contributed by atoms with Gasteiger partial charge in [0.2, 0.25) is 11.7 Å². The summed E-state index contributed by atoms with van der Waals surface area (Å²) in [4.78, 5) is 37.0. The molecule has 40 heavy (non-hydrogen) atoms. The van der Waals surface area contributed by atoms with Gasteiger partial charge in [0.15, 0.2) is 5.76 Å². The number of amides is 1. The molecule has 0 aliphatic carbocycles. The summed E-state index contributed by atoms with van der Waals surface area (Å²) in [6.07, 6.45) is 5.41. The van der Waals surface area contributed by atoms with Crippen LogP contribution in [-0.4, -0.2) is 105 Å². The second-order valence-electron chi connectivity index (χ2n) is 10.5. The van der Waals surface area contributed by atoms with Gasteiger partial charge in [-0.2, -0.15) is 0 Å². The Morgan fingerprint density at radius 2 is 1.55 bits per heavy atom. The van der Waals surface area contributed by atoms with Gasteiger partial charge in [0.05, 0.1) is 13.1 Å². The number of hydrogen-bond acceptors (Lipinski definition) is 7. The molecule has 1 amide bonds. The molecule has 8 heteroatoms. The van der Waals surface area contributed by atoms with E-state index in [4.69, 9.17) is 10.8 Å². The van der Waals surface area contributed by atoms with Crippen LogP contribution in [0.15, 0.2) is 52.9 Å². The van der Waals surface area contributed by atoms with Gasteiger partial charge in [-0.15, -0.1) is 6.42 Å². The van der Waals surface area contributed by atoms with Gasteiger partial charge < -0.3 is 19.1 Å². The number of rotatable bonds is 9. The molecule has 0 saturated carbocycles. The average molecular weight is 542 g/mol. The lowest BCUT2D eigenvalue weighted by molar-refractivity contribution is -0.133. The van der Waals surface area contributed by atoms with Crippen molar-refractivity contribution < 1.29 is 14.0 Å². The maximum absolute atomic E-state index is 13.2. The highest BCUT2D eigenvalue weighted by atomic mass is 16.3. The zero-order chi connectivity index (χ0) is 28.1. The quantitative estimate of drug-likeness (QED) is 0.304. The van der Waals surface area contributed by atoms with Crippen molar-refractivity contribution in [1.82, 2.24) is 14.7 Å². The van der Waals surface area contributed by atoms with E-state index in [9.17, 15) is 9.59 Å². The summed E-state index contributed by atoms with van der Waals surface area (Å²) < 4.78 is 5.98. The fourth-order valence-electron chi connectivity index (χ4n) is 5.62. The first kappa shape index (κ1) is 27.8. The highest BCUT2D eigenvalue weighted by Crippen LogP contribution is 2.27. The molecule has 2 aromatic carbocycles. The van der Waals surface area contributed by atoms with E-state index in [-0.39, 0.29) is 11.7 Å². The van der Waals surface area contributed by atoms with E-state index in [1.807, 2.05) is 47.4 Å². The number of terminal acetylenes is 1. The average Bonchev–Trinajstić information content (AvgIpc) is 3.42. The smallest absolute Gasteiger partial charge is 0.236 e. The first-order valence-electron chi connectivity index (χ1n) is 14.3. The molecule has 8 nitrogen and oxygen atoms in total. The van der Waals surface area contributed by atoms with Gasteiger partial charge >= 0.3 is 0 Å². The first-order valence-corrected chi connectivity index (χ1v) is 14.3. The minimum Gasteiger partial charge on any atom is -0.452 e. The van der Waals surface area contributed by atoms with Gasteiger partial charge in [0.25, 0.3) is 0 Å². The molecule has 210 valence electrons. The molecule has 5 rings (SSSR count). The van der Waals surface area contributed by atoms with E-state index >= 15 is 0 Å². The van der Waals surface area contributed by atoms with E-state index < -0.39 is 0 Å². The summed E-state index contributed by atoms with van der Waals surface area (Å²) in [7, 11) is 0. The van der Waals surface area contributed by atoms with Crippen LogP contribution >= 0.6 is 0 Å². The van der Waals surface area contributed by atoms with Gasteiger partial charge in [-0.3, -0.25) is 19.4 Å². The van der Waals surface area contributed by atoms with Crippen LogP contribution in [0, 0.1) is 12.3 Å². The van der Waals surface area contributed by atoms with Gasteiger partial charge in [0, 0.05) is 93.8 Å². The lowest BCUT2D eigenvalue weighted by atomic mass is 10.1. The molecule has 0 spiro atoms. The summed E-state index contributed by atoms with van der Waals surface area (Å²) in [6.45, 7) is 13.8. The lowest BCUT2D eigenvalue weighted by Crippen LogP contribution is -2.53. The molecule has 2 saturated heterocycles. The Bertz CT molecular complexity index is 1360. The molecule has 0 N–H and O–H groups in total. The molecule has 1 aromatic heterocycles. The number of carbonyl (C=O) groups excluding carboxylic acids is 2. The van der Waals surface area contributed by atoms with Crippen LogP contribution in [0.3, 0.4) is 0 Å². The number of piperazine rings is 2. The van der Waals surface area contributed by atoms with Crippen molar-refractivity contribution in [2.45, 2.75) is 13.8 Å². The van der Waals surface area contributed by atoms with Gasteiger partial charge in [-0.1, -0.05) is 5.92 Å². The zero-order valence-electron chi connectivity index (χ0n) is 23.6. The summed E-state index contributed by atoms with van der Waals surface area (Å²) in [5, 5.41) is 0.925. The number of furan rings is 1. The molecule has 0 atom stereocenters. The van der Waals surface area contributed by atoms with Crippen LogP contribution in [0.25, 0.3) is 11.0 Å². The highest BCUT2D eigenvalue weighted by Gasteiger charge is 2.25. The van der Waals surface area contributed by atoms with Gasteiger partial charge in [-0.05, 0) is 56.3 Å². The van der Waals surface area contributed by atoms with Gasteiger partial charge in [0.1, 0.15) is 5.58 Å². The van der Waals surface area contributed by atoms with Crippen molar-refractivity contribution in [2.24, 2.45) is 0 Å². The fourth-order valence-corrected chi connectivity index (χ4v) is 5.62. The van der Waals surface area contributed by atoms with Crippen LogP contribution in [-0.2, 0) is 4.79 Å². The van der Waals surface area contributed by atoms with Crippen molar-refractivity contribution >= 4 is 34.0 Å². The summed E-state index contributed by atoms with van der Waals surface area (Å²) >= 11 is 0. The van der Waals surface area contributed by atoms with Crippen molar-refractivity contribution in [2.75, 3.05) is 88.3 Å². The Balaban J connectivity index is 1.14. The molecule has 2 aliphatic heterocycles. The standard InChI is InChI=1S/C32H39N5O3/c1-4-13-33-14-16-34(17-15-33)24-31(38)37-20-18-36(19-21-37)27-10-7-25(8-11-27)32(39)30-22-26-9-12-28(23-29(26)40-30)35(5-2)6-3/h1,7-12,22-23H,5-6,13-21,24H2,2-3H3. The molecule has 2 fully saturated rings. The Morgan fingerprint density at radius 1 is 0.875 bits per heavy atom. The second-order valence-corrected chi connectivity index (χ2v) is 10.5. The maximum Gasteiger partial charge on any atom is 0.236 e. The molecule has 0 radical (unpaired) electrons. The third-order valence-electron chi connectivity index (χ3n) is 8.12. The number of benzene rings is 2. The van der Waals surface area contributed by atoms with Crippen LogP contribution in [0.4, 0.5) is 11.4 Å². The number of fused-ring (bicyclic) bond motifs is 1. The zero-order valence-corrected chi connectivity index (χ0v) is 23.6. The van der Waals surface area contributed by atoms with E-state index in [1.54, 1.807) is 0 Å². The summed E-state index contributed by atoms with van der Waals surface area (Å²) in [5.41, 5.74) is 3.48. The molecule has 3 aromatic rings. The van der Waals surface area contributed by atoms with E-state index in [2.05, 4.69) is 45.4 Å². The third-order valence-corrected chi connectivity index (χ3v) is 8.12. The fraction of sp³-hybridized carbons (Fsp3) is 0.438. The maximum atomic E-state index is 13.2. The summed E-state index contributed by atoms with van der Waals surface area (Å²) in [6, 6.07) is 15.6. The monoisotopic (exact) mass is 541 g/mol. The Labute approximate surface area is 237 Å². The number of ketones is 1. The first-order chi connectivity index (χ1) is 19.5. The second kappa shape index (κ2) is 12.6. The lowest BCUT2D eigenvalue weighted by Gasteiger charge is -2.38. The minimum atomic E-state index is -0.123. The van der Waals surface area contributed by atoms with Crippen LogP contribution in [0.2, 0.25) is 0 Å². The molecule has 2 aliphatic rings. The number of hydrogen-bond donors (Lipinski definition) is 0. The minimum absolute atomic E-state index is 0.123. The third kappa shape index (κ3) is 6.16. The predicted molar refractivity (Wildman–Crippen MR) is 160 cm³/mol. The molecular formula is C32H39N5O3. The van der Waals surface area contributed by atoms with E-state index in [1.165, 1.54) is 0 Å². The molecular weight excluding hydrogens is 502 g/mol. The van der Waals surface area contributed by atoms with Crippen molar-refractivity contribution in [3.8, 4) is 12.3 Å². The van der Waals surface area contributed by atoms with E-state index in [0.717, 1.165) is 74.7 Å². The Kier molecular flexibility index (Phi) is 8.73. The van der Waals surface area contributed by atoms with Crippen molar-refractivity contribution in [3.63, 3.8) is 0 Å². The van der Waals surface area contributed by atoms with Gasteiger partial charge in [-0.25, -0.2) is 0 Å². The largest absolute Gasteiger partial charge is 0.452 e. The van der Waals surface area contributed by atoms with Crippen molar-refractivity contribution in [3.05, 3.63) is 59.9 Å². The van der Waals surface area contributed by atoms with Crippen LogP contribution < -0.4 is 9.80 Å². The predicted octanol–water partition coefficient (Wildman–Crippen LogP) is 3.41. The Hall–Kier alpha value is -3.80. The SMILES string of the molecule is C#CCN1CCN(CC(=O)N2CCN(c3ccc(C(=O)c4cc5ccc(N(CC)CC)cc5o4)cc3)CC2)CC1. The van der Waals surface area contributed by atoms with Crippen LogP contribution in [0.1, 0.15) is 30.0 Å². The molecule has 0 bridgehead atoms. The van der Waals surface area contributed by atoms with Crippen LogP contribution in [0.5, 0.6) is 0 Å². The summed E-state index contributed by atoms with van der Waals surface area (Å²) in [5.74, 6) is 3.12. The topological polar surface area (TPSA) is 63.5 Å². The highest BCUT2D eigenvalue weighted by molar-refractivity contribution is 6.09. The number of anilines is 2. The molecule has 3 heterocycles. The van der Waals surface area contributed by atoms with E-state index in [0.29, 0.717) is 37.5 Å².